The third-order valence-electron chi connectivity index (χ3n) is 4.81. The van der Waals surface area contributed by atoms with Crippen molar-refractivity contribution in [2.45, 2.75) is 59.0 Å². The smallest absolute Gasteiger partial charge is 0.409 e. The first kappa shape index (κ1) is 27.0. The topological polar surface area (TPSA) is 95.1 Å². The molecule has 1 aliphatic heterocycles. The number of nitrogens with one attached hydrogen (secondary N) is 3. The summed E-state index contributed by atoms with van der Waals surface area (Å²) in [6, 6.07) is 8.03. The van der Waals surface area contributed by atoms with Gasteiger partial charge < -0.3 is 25.6 Å². The van der Waals surface area contributed by atoms with E-state index in [-0.39, 0.29) is 42.0 Å². The molecule has 174 valence electrons. The normalized spacial score (nSPS) is 14.4. The standard InChI is InChI=1S/C22H35N5O3.HI/c1-4-8-20(28)25-19-10-7-9-17(15-19)16-24-21(23-5-2)26-18-11-13-27(14-12-18)22(29)30-6-3;/h7,9-10,15,18H,4-6,8,11-14,16H2,1-3H3,(H,25,28)(H2,23,24,26);1H. The average Bonchev–Trinajstić information content (AvgIpc) is 2.73. The molecule has 0 atom stereocenters. The molecule has 9 heteroatoms. The number of benzene rings is 1. The molecular formula is C22H36IN5O3. The van der Waals surface area contributed by atoms with Gasteiger partial charge in [-0.1, -0.05) is 19.1 Å². The number of piperidine rings is 1. The van der Waals surface area contributed by atoms with E-state index in [9.17, 15) is 9.59 Å². The number of anilines is 1. The van der Waals surface area contributed by atoms with Gasteiger partial charge in [0, 0.05) is 37.8 Å². The fourth-order valence-electron chi connectivity index (χ4n) is 3.30. The first-order valence-electron chi connectivity index (χ1n) is 10.9. The molecule has 1 heterocycles. The third-order valence-corrected chi connectivity index (χ3v) is 4.81. The van der Waals surface area contributed by atoms with Crippen molar-refractivity contribution >= 4 is 47.6 Å². The van der Waals surface area contributed by atoms with Crippen LogP contribution in [0.3, 0.4) is 0 Å². The second-order valence-corrected chi connectivity index (χ2v) is 7.30. The van der Waals surface area contributed by atoms with Crippen molar-refractivity contribution in [3.8, 4) is 0 Å². The minimum atomic E-state index is -0.234. The van der Waals surface area contributed by atoms with Crippen LogP contribution in [0.5, 0.6) is 0 Å². The second-order valence-electron chi connectivity index (χ2n) is 7.30. The number of carbonyl (C=O) groups excluding carboxylic acids is 2. The summed E-state index contributed by atoms with van der Waals surface area (Å²) in [6.07, 6.45) is 2.81. The van der Waals surface area contributed by atoms with Crippen molar-refractivity contribution in [2.75, 3.05) is 31.6 Å². The molecule has 1 saturated heterocycles. The first-order chi connectivity index (χ1) is 14.5. The van der Waals surface area contributed by atoms with Crippen molar-refractivity contribution in [2.24, 2.45) is 4.99 Å². The number of hydrogen-bond acceptors (Lipinski definition) is 4. The molecule has 0 aromatic heterocycles. The Morgan fingerprint density at radius 2 is 1.94 bits per heavy atom. The molecule has 2 amide bonds. The van der Waals surface area contributed by atoms with Crippen LogP contribution in [0.2, 0.25) is 0 Å². The lowest BCUT2D eigenvalue weighted by molar-refractivity contribution is -0.116. The van der Waals surface area contributed by atoms with Gasteiger partial charge in [-0.25, -0.2) is 9.79 Å². The highest BCUT2D eigenvalue weighted by atomic mass is 127. The molecule has 0 bridgehead atoms. The lowest BCUT2D eigenvalue weighted by atomic mass is 10.1. The Morgan fingerprint density at radius 3 is 2.58 bits per heavy atom. The molecule has 0 radical (unpaired) electrons. The van der Waals surface area contributed by atoms with Crippen LogP contribution in [-0.4, -0.2) is 55.1 Å². The quantitative estimate of drug-likeness (QED) is 0.263. The van der Waals surface area contributed by atoms with Gasteiger partial charge in [0.05, 0.1) is 13.2 Å². The van der Waals surface area contributed by atoms with Gasteiger partial charge in [-0.05, 0) is 50.8 Å². The summed E-state index contributed by atoms with van der Waals surface area (Å²) < 4.78 is 5.08. The van der Waals surface area contributed by atoms with Crippen molar-refractivity contribution < 1.29 is 14.3 Å². The maximum Gasteiger partial charge on any atom is 0.409 e. The third kappa shape index (κ3) is 9.75. The Kier molecular flexibility index (Phi) is 13.0. The largest absolute Gasteiger partial charge is 0.450 e. The molecule has 0 saturated carbocycles. The van der Waals surface area contributed by atoms with Crippen LogP contribution in [0.4, 0.5) is 10.5 Å². The van der Waals surface area contributed by atoms with E-state index in [1.165, 1.54) is 0 Å². The number of rotatable bonds is 8. The van der Waals surface area contributed by atoms with Gasteiger partial charge in [-0.3, -0.25) is 4.79 Å². The highest BCUT2D eigenvalue weighted by Gasteiger charge is 2.24. The molecule has 3 N–H and O–H groups in total. The lowest BCUT2D eigenvalue weighted by Gasteiger charge is -2.32. The Balaban J connectivity index is 0.00000480. The molecule has 1 aromatic rings. The Labute approximate surface area is 202 Å². The molecule has 1 aromatic carbocycles. The van der Waals surface area contributed by atoms with Gasteiger partial charge in [0.15, 0.2) is 5.96 Å². The first-order valence-corrected chi connectivity index (χ1v) is 10.9. The van der Waals surface area contributed by atoms with E-state index in [1.54, 1.807) is 4.90 Å². The van der Waals surface area contributed by atoms with Gasteiger partial charge in [-0.15, -0.1) is 24.0 Å². The Bertz CT molecular complexity index is 721. The zero-order valence-electron chi connectivity index (χ0n) is 18.8. The Morgan fingerprint density at radius 1 is 1.19 bits per heavy atom. The average molecular weight is 545 g/mol. The SMILES string of the molecule is CCCC(=O)Nc1cccc(CN=C(NCC)NC2CCN(C(=O)OCC)CC2)c1.I. The van der Waals surface area contributed by atoms with Crippen LogP contribution in [0.25, 0.3) is 0 Å². The number of carbonyl (C=O) groups is 2. The zero-order valence-corrected chi connectivity index (χ0v) is 21.1. The fourth-order valence-corrected chi connectivity index (χ4v) is 3.30. The maximum atomic E-state index is 11.8. The van der Waals surface area contributed by atoms with Crippen LogP contribution in [0.1, 0.15) is 52.0 Å². The van der Waals surface area contributed by atoms with E-state index in [4.69, 9.17) is 9.73 Å². The fraction of sp³-hybridized carbons (Fsp3) is 0.591. The van der Waals surface area contributed by atoms with Crippen LogP contribution < -0.4 is 16.0 Å². The van der Waals surface area contributed by atoms with Crippen LogP contribution in [0, 0.1) is 0 Å². The minimum Gasteiger partial charge on any atom is -0.450 e. The summed E-state index contributed by atoms with van der Waals surface area (Å²) in [5.41, 5.74) is 1.82. The molecule has 31 heavy (non-hydrogen) atoms. The second kappa shape index (κ2) is 14.9. The van der Waals surface area contributed by atoms with E-state index < -0.39 is 0 Å². The van der Waals surface area contributed by atoms with E-state index in [2.05, 4.69) is 16.0 Å². The molecule has 2 rings (SSSR count). The number of halogens is 1. The van der Waals surface area contributed by atoms with Crippen molar-refractivity contribution in [1.82, 2.24) is 15.5 Å². The summed E-state index contributed by atoms with van der Waals surface area (Å²) in [6.45, 7) is 8.86. The molecule has 0 spiro atoms. The molecular weight excluding hydrogens is 509 g/mol. The van der Waals surface area contributed by atoms with Crippen LogP contribution in [-0.2, 0) is 16.1 Å². The highest BCUT2D eigenvalue weighted by Crippen LogP contribution is 2.13. The van der Waals surface area contributed by atoms with E-state index in [0.29, 0.717) is 32.7 Å². The molecule has 1 aliphatic rings. The van der Waals surface area contributed by atoms with Gasteiger partial charge >= 0.3 is 6.09 Å². The maximum absolute atomic E-state index is 11.8. The minimum absolute atomic E-state index is 0. The van der Waals surface area contributed by atoms with Crippen molar-refractivity contribution in [1.29, 1.82) is 0 Å². The zero-order chi connectivity index (χ0) is 21.8. The van der Waals surface area contributed by atoms with E-state index in [0.717, 1.165) is 43.0 Å². The predicted octanol–water partition coefficient (Wildman–Crippen LogP) is 3.72. The molecule has 0 unspecified atom stereocenters. The number of hydrogen-bond donors (Lipinski definition) is 3. The Hall–Kier alpha value is -2.04. The van der Waals surface area contributed by atoms with Crippen molar-refractivity contribution in [3.63, 3.8) is 0 Å². The summed E-state index contributed by atoms with van der Waals surface area (Å²) in [5.74, 6) is 0.787. The summed E-state index contributed by atoms with van der Waals surface area (Å²) in [4.78, 5) is 30.1. The van der Waals surface area contributed by atoms with Crippen LogP contribution >= 0.6 is 24.0 Å². The lowest BCUT2D eigenvalue weighted by Crippen LogP contribution is -2.49. The molecule has 1 fully saturated rings. The highest BCUT2D eigenvalue weighted by molar-refractivity contribution is 14.0. The summed E-state index contributed by atoms with van der Waals surface area (Å²) >= 11 is 0. The van der Waals surface area contributed by atoms with Crippen molar-refractivity contribution in [3.05, 3.63) is 29.8 Å². The summed E-state index contributed by atoms with van der Waals surface area (Å²) in [7, 11) is 0. The number of amides is 2. The molecule has 0 aliphatic carbocycles. The van der Waals surface area contributed by atoms with E-state index in [1.807, 2.05) is 45.0 Å². The number of nitrogens with zero attached hydrogens (tertiary/aromatic N) is 2. The summed E-state index contributed by atoms with van der Waals surface area (Å²) in [5, 5.41) is 9.68. The predicted molar refractivity (Wildman–Crippen MR) is 135 cm³/mol. The number of likely N-dealkylation sites (tertiary alicyclic amines) is 1. The van der Waals surface area contributed by atoms with Gasteiger partial charge in [-0.2, -0.15) is 0 Å². The number of aliphatic imine (C=N–C) groups is 1. The van der Waals surface area contributed by atoms with Gasteiger partial charge in [0.2, 0.25) is 5.91 Å². The monoisotopic (exact) mass is 545 g/mol. The number of ether oxygens (including phenoxy) is 1. The van der Waals surface area contributed by atoms with E-state index >= 15 is 0 Å². The van der Waals surface area contributed by atoms with Gasteiger partial charge in [0.25, 0.3) is 0 Å². The number of guanidine groups is 1. The van der Waals surface area contributed by atoms with Gasteiger partial charge in [0.1, 0.15) is 0 Å². The van der Waals surface area contributed by atoms with Crippen LogP contribution in [0.15, 0.2) is 29.3 Å². The molecule has 8 nitrogen and oxygen atoms in total.